The third-order valence-electron chi connectivity index (χ3n) is 3.99. The number of hydrogen-bond donors (Lipinski definition) is 0. The fourth-order valence-corrected chi connectivity index (χ4v) is 2.59. The minimum Gasteiger partial charge on any atom is -0.351 e. The van der Waals surface area contributed by atoms with Crippen LogP contribution in [0.2, 0.25) is 0 Å². The molecule has 25 heavy (non-hydrogen) atoms. The summed E-state index contributed by atoms with van der Waals surface area (Å²) in [6, 6.07) is 6.59. The van der Waals surface area contributed by atoms with Crippen LogP contribution >= 0.6 is 0 Å². The van der Waals surface area contributed by atoms with E-state index < -0.39 is 12.0 Å². The number of halogens is 3. The van der Waals surface area contributed by atoms with Crippen LogP contribution in [0.25, 0.3) is 10.9 Å². The first-order valence-electron chi connectivity index (χ1n) is 7.79. The molecule has 1 aromatic carbocycles. The van der Waals surface area contributed by atoms with Crippen LogP contribution in [-0.2, 0) is 12.7 Å². The molecule has 3 aromatic rings. The molecule has 2 heterocycles. The van der Waals surface area contributed by atoms with Gasteiger partial charge in [0.2, 0.25) is 11.7 Å². The normalized spacial score (nSPS) is 14.9. The van der Waals surface area contributed by atoms with Crippen LogP contribution in [0.5, 0.6) is 0 Å². The molecule has 0 atom stereocenters. The van der Waals surface area contributed by atoms with Gasteiger partial charge in [-0.05, 0) is 25.0 Å². The predicted octanol–water partition coefficient (Wildman–Crippen LogP) is 3.55. The molecule has 130 valence electrons. The molecule has 0 spiro atoms. The van der Waals surface area contributed by atoms with Crippen molar-refractivity contribution in [3.63, 3.8) is 0 Å². The zero-order valence-electron chi connectivity index (χ0n) is 13.3. The molecule has 4 rings (SSSR count). The minimum atomic E-state index is -4.62. The Morgan fingerprint density at radius 2 is 1.92 bits per heavy atom. The molecule has 1 fully saturated rings. The van der Waals surface area contributed by atoms with Gasteiger partial charge in [-0.25, -0.2) is 9.97 Å². The van der Waals surface area contributed by atoms with E-state index in [0.29, 0.717) is 23.0 Å². The summed E-state index contributed by atoms with van der Waals surface area (Å²) in [5.74, 6) is 0.339. The molecule has 0 bridgehead atoms. The summed E-state index contributed by atoms with van der Waals surface area (Å²) >= 11 is 0. The van der Waals surface area contributed by atoms with E-state index in [-0.39, 0.29) is 17.9 Å². The third kappa shape index (κ3) is 3.13. The first-order valence-corrected chi connectivity index (χ1v) is 7.79. The zero-order chi connectivity index (χ0) is 17.6. The zero-order valence-corrected chi connectivity index (χ0v) is 13.3. The van der Waals surface area contributed by atoms with Crippen molar-refractivity contribution in [1.82, 2.24) is 20.1 Å². The first-order chi connectivity index (χ1) is 11.9. The summed E-state index contributed by atoms with van der Waals surface area (Å²) in [4.78, 5) is 13.2. The molecular formula is C16H14F3N5O. The third-order valence-corrected chi connectivity index (χ3v) is 3.99. The minimum absolute atomic E-state index is 0.177. The smallest absolute Gasteiger partial charge is 0.351 e. The number of fused-ring (bicyclic) bond motifs is 1. The standard InChI is InChI=1S/C16H14F3N5O/c1-24(8-12-21-14(25-23-12)9-6-7-9)13-10-4-2-3-5-11(10)20-15(22-13)16(17,18)19/h2-5,9H,6-8H2,1H3. The van der Waals surface area contributed by atoms with Crippen molar-refractivity contribution < 1.29 is 17.7 Å². The number of hydrogen-bond acceptors (Lipinski definition) is 6. The van der Waals surface area contributed by atoms with Crippen LogP contribution in [0.15, 0.2) is 28.8 Å². The quantitative estimate of drug-likeness (QED) is 0.718. The number of anilines is 1. The maximum absolute atomic E-state index is 13.1. The van der Waals surface area contributed by atoms with Crippen LogP contribution in [0.1, 0.15) is 36.3 Å². The fourth-order valence-electron chi connectivity index (χ4n) is 2.59. The summed E-state index contributed by atoms with van der Waals surface area (Å²) in [7, 11) is 1.64. The molecule has 9 heteroatoms. The van der Waals surface area contributed by atoms with E-state index >= 15 is 0 Å². The first kappa shape index (κ1) is 15.8. The van der Waals surface area contributed by atoms with Gasteiger partial charge in [0.15, 0.2) is 5.82 Å². The molecule has 0 unspecified atom stereocenters. The van der Waals surface area contributed by atoms with Crippen molar-refractivity contribution in [2.75, 3.05) is 11.9 Å². The average molecular weight is 349 g/mol. The highest BCUT2D eigenvalue weighted by Gasteiger charge is 2.36. The summed E-state index contributed by atoms with van der Waals surface area (Å²) in [6.07, 6.45) is -2.56. The van der Waals surface area contributed by atoms with Crippen molar-refractivity contribution >= 4 is 16.7 Å². The second-order valence-electron chi connectivity index (χ2n) is 6.06. The van der Waals surface area contributed by atoms with Crippen molar-refractivity contribution in [3.05, 3.63) is 41.8 Å². The van der Waals surface area contributed by atoms with Crippen molar-refractivity contribution in [2.24, 2.45) is 0 Å². The van der Waals surface area contributed by atoms with E-state index in [9.17, 15) is 13.2 Å². The largest absolute Gasteiger partial charge is 0.451 e. The average Bonchev–Trinajstić information content (AvgIpc) is 3.33. The van der Waals surface area contributed by atoms with Crippen molar-refractivity contribution in [2.45, 2.75) is 31.5 Å². The Balaban J connectivity index is 1.70. The lowest BCUT2D eigenvalue weighted by Gasteiger charge is -2.19. The van der Waals surface area contributed by atoms with Crippen LogP contribution in [0.4, 0.5) is 19.0 Å². The van der Waals surface area contributed by atoms with Crippen molar-refractivity contribution in [1.29, 1.82) is 0 Å². The summed E-state index contributed by atoms with van der Waals surface area (Å²) in [5.41, 5.74) is 0.235. The van der Waals surface area contributed by atoms with Crippen LogP contribution < -0.4 is 4.90 Å². The molecule has 0 radical (unpaired) electrons. The van der Waals surface area contributed by atoms with Gasteiger partial charge in [-0.2, -0.15) is 18.2 Å². The highest BCUT2D eigenvalue weighted by atomic mass is 19.4. The van der Waals surface area contributed by atoms with Crippen LogP contribution in [0, 0.1) is 0 Å². The number of rotatable bonds is 4. The molecule has 1 aliphatic rings. The highest BCUT2D eigenvalue weighted by molar-refractivity contribution is 5.89. The van der Waals surface area contributed by atoms with Gasteiger partial charge in [0, 0.05) is 18.4 Å². The lowest BCUT2D eigenvalue weighted by atomic mass is 10.2. The van der Waals surface area contributed by atoms with E-state index in [1.165, 1.54) is 6.07 Å². The van der Waals surface area contributed by atoms with E-state index in [1.807, 2.05) is 0 Å². The molecular weight excluding hydrogens is 335 g/mol. The van der Waals surface area contributed by atoms with Gasteiger partial charge in [0.05, 0.1) is 12.1 Å². The molecule has 6 nitrogen and oxygen atoms in total. The van der Waals surface area contributed by atoms with Gasteiger partial charge in [-0.3, -0.25) is 0 Å². The molecule has 1 saturated carbocycles. The Bertz CT molecular complexity index is 920. The molecule has 0 amide bonds. The SMILES string of the molecule is CN(Cc1noc(C2CC2)n1)c1nc(C(F)(F)F)nc2ccccc12. The highest BCUT2D eigenvalue weighted by Crippen LogP contribution is 2.39. The van der Waals surface area contributed by atoms with Crippen LogP contribution in [-0.4, -0.2) is 27.2 Å². The maximum Gasteiger partial charge on any atom is 0.451 e. The topological polar surface area (TPSA) is 67.9 Å². The number of benzene rings is 1. The summed E-state index contributed by atoms with van der Waals surface area (Å²) in [6.45, 7) is 0.189. The second-order valence-corrected chi connectivity index (χ2v) is 6.06. The van der Waals surface area contributed by atoms with Gasteiger partial charge in [-0.1, -0.05) is 17.3 Å². The van der Waals surface area contributed by atoms with Gasteiger partial charge in [0.1, 0.15) is 5.82 Å². The molecule has 0 N–H and O–H groups in total. The Kier molecular flexibility index (Phi) is 3.59. The van der Waals surface area contributed by atoms with E-state index in [2.05, 4.69) is 20.1 Å². The number of nitrogens with zero attached hydrogens (tertiary/aromatic N) is 5. The van der Waals surface area contributed by atoms with Gasteiger partial charge < -0.3 is 9.42 Å². The van der Waals surface area contributed by atoms with Crippen LogP contribution in [0.3, 0.4) is 0 Å². The number of aromatic nitrogens is 4. The Morgan fingerprint density at radius 3 is 2.64 bits per heavy atom. The van der Waals surface area contributed by atoms with Crippen molar-refractivity contribution in [3.8, 4) is 0 Å². The Labute approximate surface area is 140 Å². The lowest BCUT2D eigenvalue weighted by molar-refractivity contribution is -0.144. The maximum atomic E-state index is 13.1. The number of alkyl halides is 3. The molecule has 2 aromatic heterocycles. The van der Waals surface area contributed by atoms with Gasteiger partial charge in [0.25, 0.3) is 0 Å². The molecule has 1 aliphatic carbocycles. The van der Waals surface area contributed by atoms with Gasteiger partial charge >= 0.3 is 6.18 Å². The fraction of sp³-hybridized carbons (Fsp3) is 0.375. The Hall–Kier alpha value is -2.71. The monoisotopic (exact) mass is 349 g/mol. The van der Waals surface area contributed by atoms with E-state index in [1.54, 1.807) is 30.1 Å². The Morgan fingerprint density at radius 1 is 1.16 bits per heavy atom. The summed E-state index contributed by atoms with van der Waals surface area (Å²) in [5, 5.41) is 4.43. The molecule has 0 aliphatic heterocycles. The number of para-hydroxylation sites is 1. The van der Waals surface area contributed by atoms with Gasteiger partial charge in [-0.15, -0.1) is 0 Å². The van der Waals surface area contributed by atoms with E-state index in [0.717, 1.165) is 12.8 Å². The molecule has 0 saturated heterocycles. The van der Waals surface area contributed by atoms with E-state index in [4.69, 9.17) is 4.52 Å². The summed E-state index contributed by atoms with van der Waals surface area (Å²) < 4.78 is 44.5. The second kappa shape index (κ2) is 5.68. The lowest BCUT2D eigenvalue weighted by Crippen LogP contribution is -2.21. The predicted molar refractivity (Wildman–Crippen MR) is 82.9 cm³/mol.